The van der Waals surface area contributed by atoms with E-state index in [1.807, 2.05) is 30.3 Å². The van der Waals surface area contributed by atoms with Crippen LogP contribution in [0.25, 0.3) is 0 Å². The Morgan fingerprint density at radius 1 is 1.08 bits per heavy atom. The molecule has 0 aliphatic heterocycles. The summed E-state index contributed by atoms with van der Waals surface area (Å²) in [4.78, 5) is 8.47. The summed E-state index contributed by atoms with van der Waals surface area (Å²) in [7, 11) is 1.75. The van der Waals surface area contributed by atoms with Crippen molar-refractivity contribution in [3.8, 4) is 5.75 Å². The van der Waals surface area contributed by atoms with Gasteiger partial charge in [0.2, 0.25) is 0 Å². The zero-order valence-electron chi connectivity index (χ0n) is 16.0. The molecule has 1 heterocycles. The van der Waals surface area contributed by atoms with Crippen molar-refractivity contribution in [3.05, 3.63) is 59.9 Å². The number of rotatable bonds is 6. The molecule has 26 heavy (non-hydrogen) atoms. The third-order valence-electron chi connectivity index (χ3n) is 3.77. The molecule has 0 radical (unpaired) electrons. The summed E-state index contributed by atoms with van der Waals surface area (Å²) in [5.74, 6) is 1.61. The van der Waals surface area contributed by atoms with Crippen LogP contribution in [-0.2, 0) is 12.0 Å². The predicted octanol–water partition coefficient (Wildman–Crippen LogP) is 3.74. The Hall–Kier alpha value is -1.83. The van der Waals surface area contributed by atoms with Gasteiger partial charge in [0, 0.05) is 13.2 Å². The fraction of sp³-hybridized carbons (Fsp3) is 0.400. The number of guanidine groups is 1. The molecular weight excluding hydrogens is 439 g/mol. The standard InChI is InChI=1S/C20H28N4O.HI/c1-20(2,3)16-8-10-18(11-9-16)25-14-13-23-19(21-4)24-15-17-7-5-6-12-22-17;/h5-12H,13-15H2,1-4H3,(H2,21,23,24);1H. The molecule has 0 saturated carbocycles. The number of hydrogen-bond donors (Lipinski definition) is 2. The van der Waals surface area contributed by atoms with Gasteiger partial charge >= 0.3 is 0 Å². The summed E-state index contributed by atoms with van der Waals surface area (Å²) in [6, 6.07) is 14.1. The number of hydrogen-bond acceptors (Lipinski definition) is 3. The molecule has 0 atom stereocenters. The van der Waals surface area contributed by atoms with Crippen LogP contribution in [0.1, 0.15) is 32.0 Å². The summed E-state index contributed by atoms with van der Waals surface area (Å²) >= 11 is 0. The van der Waals surface area contributed by atoms with Crippen molar-refractivity contribution in [3.63, 3.8) is 0 Å². The Morgan fingerprint density at radius 3 is 2.38 bits per heavy atom. The molecular formula is C20H29IN4O. The van der Waals surface area contributed by atoms with E-state index in [0.717, 1.165) is 17.4 Å². The Morgan fingerprint density at radius 2 is 1.81 bits per heavy atom. The maximum Gasteiger partial charge on any atom is 0.191 e. The number of pyridine rings is 1. The van der Waals surface area contributed by atoms with E-state index in [1.54, 1.807) is 13.2 Å². The highest BCUT2D eigenvalue weighted by atomic mass is 127. The highest BCUT2D eigenvalue weighted by molar-refractivity contribution is 14.0. The van der Waals surface area contributed by atoms with E-state index in [1.165, 1.54) is 5.56 Å². The number of ether oxygens (including phenoxy) is 1. The maximum atomic E-state index is 5.77. The van der Waals surface area contributed by atoms with Gasteiger partial charge in [0.05, 0.1) is 18.8 Å². The quantitative estimate of drug-likeness (QED) is 0.294. The van der Waals surface area contributed by atoms with Crippen molar-refractivity contribution < 1.29 is 4.74 Å². The lowest BCUT2D eigenvalue weighted by Gasteiger charge is -2.19. The van der Waals surface area contributed by atoms with Gasteiger partial charge in [0.15, 0.2) is 5.96 Å². The van der Waals surface area contributed by atoms with Crippen molar-refractivity contribution in [2.24, 2.45) is 4.99 Å². The molecule has 2 aromatic rings. The third kappa shape index (κ3) is 7.59. The van der Waals surface area contributed by atoms with Crippen LogP contribution in [0.3, 0.4) is 0 Å². The molecule has 0 unspecified atom stereocenters. The number of nitrogens with zero attached hydrogens (tertiary/aromatic N) is 2. The molecule has 0 spiro atoms. The summed E-state index contributed by atoms with van der Waals surface area (Å²) < 4.78 is 5.77. The van der Waals surface area contributed by atoms with Gasteiger partial charge in [0.25, 0.3) is 0 Å². The third-order valence-corrected chi connectivity index (χ3v) is 3.77. The summed E-state index contributed by atoms with van der Waals surface area (Å²) in [5.41, 5.74) is 2.43. The van der Waals surface area contributed by atoms with E-state index in [4.69, 9.17) is 4.74 Å². The molecule has 0 amide bonds. The fourth-order valence-electron chi connectivity index (χ4n) is 2.29. The minimum Gasteiger partial charge on any atom is -0.492 e. The smallest absolute Gasteiger partial charge is 0.191 e. The first-order chi connectivity index (χ1) is 12.0. The molecule has 5 nitrogen and oxygen atoms in total. The van der Waals surface area contributed by atoms with E-state index >= 15 is 0 Å². The first-order valence-corrected chi connectivity index (χ1v) is 8.57. The molecule has 1 aromatic heterocycles. The molecule has 0 bridgehead atoms. The van der Waals surface area contributed by atoms with Crippen molar-refractivity contribution >= 4 is 29.9 Å². The molecule has 2 N–H and O–H groups in total. The zero-order valence-corrected chi connectivity index (χ0v) is 18.3. The predicted molar refractivity (Wildman–Crippen MR) is 118 cm³/mol. The van der Waals surface area contributed by atoms with E-state index in [9.17, 15) is 0 Å². The van der Waals surface area contributed by atoms with Crippen molar-refractivity contribution in [1.82, 2.24) is 15.6 Å². The minimum absolute atomic E-state index is 0. The second-order valence-corrected chi connectivity index (χ2v) is 6.80. The Bertz CT molecular complexity index is 666. The summed E-state index contributed by atoms with van der Waals surface area (Å²) in [5, 5.41) is 6.46. The van der Waals surface area contributed by atoms with Crippen LogP contribution in [0.2, 0.25) is 0 Å². The molecule has 6 heteroatoms. The summed E-state index contributed by atoms with van der Waals surface area (Å²) in [6.45, 7) is 8.49. The summed E-state index contributed by atoms with van der Waals surface area (Å²) in [6.07, 6.45) is 1.78. The van der Waals surface area contributed by atoms with Crippen LogP contribution >= 0.6 is 24.0 Å². The first-order valence-electron chi connectivity index (χ1n) is 8.57. The van der Waals surface area contributed by atoms with E-state index in [2.05, 4.69) is 53.5 Å². The Labute approximate surface area is 173 Å². The van der Waals surface area contributed by atoms with Gasteiger partial charge in [0.1, 0.15) is 12.4 Å². The van der Waals surface area contributed by atoms with Gasteiger partial charge in [-0.3, -0.25) is 9.98 Å². The minimum atomic E-state index is 0. The lowest BCUT2D eigenvalue weighted by Crippen LogP contribution is -2.39. The topological polar surface area (TPSA) is 58.5 Å². The first kappa shape index (κ1) is 22.2. The van der Waals surface area contributed by atoms with Gasteiger partial charge in [-0.2, -0.15) is 0 Å². The highest BCUT2D eigenvalue weighted by Crippen LogP contribution is 2.24. The average Bonchev–Trinajstić information content (AvgIpc) is 2.61. The molecule has 2 rings (SSSR count). The lowest BCUT2D eigenvalue weighted by molar-refractivity contribution is 0.321. The van der Waals surface area contributed by atoms with Crippen LogP contribution in [0.5, 0.6) is 5.75 Å². The normalized spacial score (nSPS) is 11.5. The van der Waals surface area contributed by atoms with E-state index < -0.39 is 0 Å². The molecule has 142 valence electrons. The van der Waals surface area contributed by atoms with Crippen LogP contribution in [0.4, 0.5) is 0 Å². The van der Waals surface area contributed by atoms with Gasteiger partial charge in [-0.1, -0.05) is 39.0 Å². The van der Waals surface area contributed by atoms with Crippen LogP contribution in [-0.4, -0.2) is 31.1 Å². The number of aliphatic imine (C=N–C) groups is 1. The number of aromatic nitrogens is 1. The molecule has 0 saturated heterocycles. The lowest BCUT2D eigenvalue weighted by atomic mass is 9.87. The number of benzene rings is 1. The van der Waals surface area contributed by atoms with E-state index in [-0.39, 0.29) is 29.4 Å². The van der Waals surface area contributed by atoms with Crippen LogP contribution in [0, 0.1) is 0 Å². The molecule has 0 aliphatic rings. The molecule has 1 aromatic carbocycles. The van der Waals surface area contributed by atoms with E-state index in [0.29, 0.717) is 19.7 Å². The van der Waals surface area contributed by atoms with Gasteiger partial charge in [-0.05, 0) is 35.2 Å². The SMILES string of the molecule is CN=C(NCCOc1ccc(C(C)(C)C)cc1)NCc1ccccn1.I. The Kier molecular flexibility index (Phi) is 9.40. The highest BCUT2D eigenvalue weighted by Gasteiger charge is 2.12. The fourth-order valence-corrected chi connectivity index (χ4v) is 2.29. The van der Waals surface area contributed by atoms with Gasteiger partial charge < -0.3 is 15.4 Å². The average molecular weight is 468 g/mol. The second-order valence-electron chi connectivity index (χ2n) is 6.80. The van der Waals surface area contributed by atoms with Gasteiger partial charge in [-0.25, -0.2) is 0 Å². The maximum absolute atomic E-state index is 5.77. The number of halogens is 1. The molecule has 0 aliphatic carbocycles. The largest absolute Gasteiger partial charge is 0.492 e. The van der Waals surface area contributed by atoms with Crippen molar-refractivity contribution in [1.29, 1.82) is 0 Å². The number of nitrogens with one attached hydrogen (secondary N) is 2. The van der Waals surface area contributed by atoms with Crippen molar-refractivity contribution in [2.75, 3.05) is 20.2 Å². The molecule has 0 fully saturated rings. The zero-order chi connectivity index (χ0) is 18.1. The van der Waals surface area contributed by atoms with Gasteiger partial charge in [-0.15, -0.1) is 24.0 Å². The Balaban J connectivity index is 0.00000338. The van der Waals surface area contributed by atoms with Crippen LogP contribution < -0.4 is 15.4 Å². The second kappa shape index (κ2) is 11.0. The monoisotopic (exact) mass is 468 g/mol. The van der Waals surface area contributed by atoms with Crippen molar-refractivity contribution in [2.45, 2.75) is 32.7 Å². The van der Waals surface area contributed by atoms with Crippen LogP contribution in [0.15, 0.2) is 53.7 Å².